The first-order chi connectivity index (χ1) is 15.1. The van der Waals surface area contributed by atoms with Gasteiger partial charge in [0.25, 0.3) is 5.69 Å². The van der Waals surface area contributed by atoms with Crippen molar-refractivity contribution in [1.29, 1.82) is 0 Å². The van der Waals surface area contributed by atoms with Crippen LogP contribution in [0.1, 0.15) is 16.7 Å². The largest absolute Gasteiger partial charge is 0.348 e. The number of aromatic nitrogens is 2. The molecule has 0 aliphatic heterocycles. The van der Waals surface area contributed by atoms with Crippen molar-refractivity contribution in [3.05, 3.63) is 112 Å². The van der Waals surface area contributed by atoms with Crippen molar-refractivity contribution in [2.24, 2.45) is 0 Å². The highest BCUT2D eigenvalue weighted by molar-refractivity contribution is 5.91. The van der Waals surface area contributed by atoms with E-state index in [4.69, 9.17) is 0 Å². The number of nitro groups is 1. The third kappa shape index (κ3) is 5.02. The van der Waals surface area contributed by atoms with E-state index in [9.17, 15) is 14.9 Å². The molecule has 31 heavy (non-hydrogen) atoms. The van der Waals surface area contributed by atoms with Crippen LogP contribution >= 0.6 is 0 Å². The Hall–Kier alpha value is -4.26. The lowest BCUT2D eigenvalue weighted by atomic mass is 10.1. The molecule has 7 heteroatoms. The lowest BCUT2D eigenvalue weighted by Gasteiger charge is -2.07. The van der Waals surface area contributed by atoms with Gasteiger partial charge in [-0.25, -0.2) is 4.98 Å². The fraction of sp³-hybridized carbons (Fsp3) is 0.0833. The number of carbonyl (C=O) groups excluding carboxylic acids is 1. The number of hydrogen-bond acceptors (Lipinski definition) is 4. The van der Waals surface area contributed by atoms with Crippen LogP contribution in [-0.4, -0.2) is 20.4 Å². The van der Waals surface area contributed by atoms with E-state index < -0.39 is 4.92 Å². The van der Waals surface area contributed by atoms with Crippen LogP contribution in [0.25, 0.3) is 17.1 Å². The minimum absolute atomic E-state index is 0.00802. The molecule has 0 fully saturated rings. The molecular formula is C24H20N4O3. The molecule has 7 nitrogen and oxygen atoms in total. The van der Waals surface area contributed by atoms with Crippen molar-refractivity contribution in [2.75, 3.05) is 0 Å². The van der Waals surface area contributed by atoms with E-state index in [0.29, 0.717) is 12.1 Å². The van der Waals surface area contributed by atoms with Gasteiger partial charge in [0.05, 0.1) is 22.3 Å². The summed E-state index contributed by atoms with van der Waals surface area (Å²) >= 11 is 0. The Balaban J connectivity index is 1.32. The van der Waals surface area contributed by atoms with Crippen LogP contribution in [0, 0.1) is 10.1 Å². The van der Waals surface area contributed by atoms with E-state index in [2.05, 4.69) is 14.9 Å². The number of nitrogens with zero attached hydrogens (tertiary/aromatic N) is 3. The van der Waals surface area contributed by atoms with E-state index in [1.54, 1.807) is 18.2 Å². The van der Waals surface area contributed by atoms with Gasteiger partial charge in [0.1, 0.15) is 0 Å². The number of imidazole rings is 1. The Kier molecular flexibility index (Phi) is 5.84. The number of nitro benzene ring substituents is 1. The van der Waals surface area contributed by atoms with Crippen molar-refractivity contribution in [3.63, 3.8) is 0 Å². The number of benzene rings is 3. The quantitative estimate of drug-likeness (QED) is 0.278. The number of fused-ring (bicyclic) bond motifs is 1. The molecule has 0 saturated heterocycles. The van der Waals surface area contributed by atoms with E-state index in [1.165, 1.54) is 18.2 Å². The summed E-state index contributed by atoms with van der Waals surface area (Å²) in [5.41, 5.74) is 4.78. The van der Waals surface area contributed by atoms with Gasteiger partial charge in [0.2, 0.25) is 5.91 Å². The van der Waals surface area contributed by atoms with E-state index in [0.717, 1.165) is 28.7 Å². The molecule has 154 valence electrons. The number of rotatable bonds is 7. The Morgan fingerprint density at radius 2 is 1.81 bits per heavy atom. The molecule has 4 rings (SSSR count). The molecular weight excluding hydrogens is 392 g/mol. The summed E-state index contributed by atoms with van der Waals surface area (Å²) in [5, 5.41) is 13.6. The normalized spacial score (nSPS) is 11.1. The second-order valence-corrected chi connectivity index (χ2v) is 7.08. The zero-order valence-electron chi connectivity index (χ0n) is 16.6. The predicted molar refractivity (Wildman–Crippen MR) is 119 cm³/mol. The van der Waals surface area contributed by atoms with Gasteiger partial charge in [-0.05, 0) is 34.9 Å². The number of hydrogen-bond donors (Lipinski definition) is 1. The Bertz CT molecular complexity index is 1260. The van der Waals surface area contributed by atoms with Gasteiger partial charge >= 0.3 is 0 Å². The van der Waals surface area contributed by atoms with Gasteiger partial charge in [0, 0.05) is 31.3 Å². The molecule has 0 spiro atoms. The summed E-state index contributed by atoms with van der Waals surface area (Å²) < 4.78 is 2.10. The number of carbonyl (C=O) groups is 1. The van der Waals surface area contributed by atoms with Crippen LogP contribution in [0.5, 0.6) is 0 Å². The third-order valence-electron chi connectivity index (χ3n) is 4.88. The van der Waals surface area contributed by atoms with Crippen LogP contribution in [0.15, 0.2) is 85.2 Å². The monoisotopic (exact) mass is 412 g/mol. The molecule has 1 N–H and O–H groups in total. The van der Waals surface area contributed by atoms with Crippen molar-refractivity contribution >= 4 is 28.7 Å². The summed E-state index contributed by atoms with van der Waals surface area (Å²) in [6.45, 7) is 1.12. The third-order valence-corrected chi connectivity index (χ3v) is 4.88. The molecule has 1 amide bonds. The minimum atomic E-state index is -0.462. The highest BCUT2D eigenvalue weighted by Crippen LogP contribution is 2.15. The molecule has 0 atom stereocenters. The fourth-order valence-corrected chi connectivity index (χ4v) is 3.26. The van der Waals surface area contributed by atoms with Crippen LogP contribution in [0.2, 0.25) is 0 Å². The highest BCUT2D eigenvalue weighted by atomic mass is 16.6. The average molecular weight is 412 g/mol. The highest BCUT2D eigenvalue weighted by Gasteiger charge is 2.05. The first kappa shape index (κ1) is 20.0. The average Bonchev–Trinajstić information content (AvgIpc) is 3.20. The van der Waals surface area contributed by atoms with Gasteiger partial charge in [-0.2, -0.15) is 0 Å². The topological polar surface area (TPSA) is 90.1 Å². The zero-order chi connectivity index (χ0) is 21.6. The first-order valence-corrected chi connectivity index (χ1v) is 9.76. The smallest absolute Gasteiger partial charge is 0.270 e. The Labute approximate surface area is 178 Å². The van der Waals surface area contributed by atoms with Crippen LogP contribution in [0.3, 0.4) is 0 Å². The summed E-state index contributed by atoms with van der Waals surface area (Å²) in [6.07, 6.45) is 4.77. The molecule has 1 aromatic heterocycles. The molecule has 0 bridgehead atoms. The van der Waals surface area contributed by atoms with E-state index in [1.807, 2.05) is 54.9 Å². The molecule has 0 aliphatic carbocycles. The molecule has 1 heterocycles. The number of nitrogens with one attached hydrogen (secondary N) is 1. The molecule has 3 aromatic carbocycles. The van der Waals surface area contributed by atoms with Crippen molar-refractivity contribution in [2.45, 2.75) is 13.1 Å². The van der Waals surface area contributed by atoms with Crippen LogP contribution in [-0.2, 0) is 17.9 Å². The van der Waals surface area contributed by atoms with Gasteiger partial charge < -0.3 is 9.88 Å². The maximum Gasteiger partial charge on any atom is 0.270 e. The second-order valence-electron chi connectivity index (χ2n) is 7.08. The number of para-hydroxylation sites is 2. The van der Waals surface area contributed by atoms with Crippen LogP contribution in [0.4, 0.5) is 5.69 Å². The van der Waals surface area contributed by atoms with Crippen LogP contribution < -0.4 is 5.32 Å². The summed E-state index contributed by atoms with van der Waals surface area (Å²) in [6, 6.07) is 22.2. The van der Waals surface area contributed by atoms with Gasteiger partial charge in [0.15, 0.2) is 0 Å². The zero-order valence-corrected chi connectivity index (χ0v) is 16.6. The standard InChI is InChI=1S/C24H20N4O3/c29-24(13-12-18-4-3-5-21(14-18)28(30)31)25-15-19-8-10-20(11-9-19)16-27-17-26-22-6-1-2-7-23(22)27/h1-14,17H,15-16H2,(H,25,29)/b13-12+. The lowest BCUT2D eigenvalue weighted by molar-refractivity contribution is -0.384. The van der Waals surface area contributed by atoms with E-state index >= 15 is 0 Å². The fourth-order valence-electron chi connectivity index (χ4n) is 3.26. The van der Waals surface area contributed by atoms with Gasteiger partial charge in [-0.15, -0.1) is 0 Å². The predicted octanol–water partition coefficient (Wildman–Crippen LogP) is 4.32. The summed E-state index contributed by atoms with van der Waals surface area (Å²) in [5.74, 6) is -0.263. The molecule has 0 saturated carbocycles. The first-order valence-electron chi connectivity index (χ1n) is 9.76. The minimum Gasteiger partial charge on any atom is -0.348 e. The van der Waals surface area contributed by atoms with Gasteiger partial charge in [-0.1, -0.05) is 48.5 Å². The maximum absolute atomic E-state index is 12.1. The second kappa shape index (κ2) is 9.04. The number of non-ortho nitro benzene ring substituents is 1. The van der Waals surface area contributed by atoms with E-state index in [-0.39, 0.29) is 11.6 Å². The summed E-state index contributed by atoms with van der Waals surface area (Å²) in [4.78, 5) is 26.8. The number of amides is 1. The molecule has 0 radical (unpaired) electrons. The molecule has 4 aromatic rings. The Morgan fingerprint density at radius 3 is 2.61 bits per heavy atom. The lowest BCUT2D eigenvalue weighted by Crippen LogP contribution is -2.20. The van der Waals surface area contributed by atoms with Gasteiger partial charge in [-0.3, -0.25) is 14.9 Å². The van der Waals surface area contributed by atoms with Crippen molar-refractivity contribution < 1.29 is 9.72 Å². The maximum atomic E-state index is 12.1. The Morgan fingerprint density at radius 1 is 1.03 bits per heavy atom. The summed E-state index contributed by atoms with van der Waals surface area (Å²) in [7, 11) is 0. The van der Waals surface area contributed by atoms with Crippen molar-refractivity contribution in [3.8, 4) is 0 Å². The molecule has 0 unspecified atom stereocenters. The SMILES string of the molecule is O=C(/C=C/c1cccc([N+](=O)[O-])c1)NCc1ccc(Cn2cnc3ccccc32)cc1. The van der Waals surface area contributed by atoms with Crippen molar-refractivity contribution in [1.82, 2.24) is 14.9 Å². The molecule has 0 aliphatic rings.